The zero-order valence-corrected chi connectivity index (χ0v) is 46.8. The zero-order valence-electron chi connectivity index (χ0n) is 45.9. The number of nitrogens with two attached hydrogens (primary N) is 1. The lowest BCUT2D eigenvalue weighted by atomic mass is 10.0. The van der Waals surface area contributed by atoms with Crippen LogP contribution in [0.25, 0.3) is 0 Å². The van der Waals surface area contributed by atoms with E-state index in [-0.39, 0.29) is 32.6 Å². The SMILES string of the molecule is CC/C=C\C/C=C\C/C=C\C/C=C\C/C=C\C/C=C\C/C=C\C/C=C\CCCCCCCCCCCCC(=O)OC(COC(=O)CCCCCCC/C=C\CCCCCCCCC)COP(=O)(O)OCCN. The second-order valence-electron chi connectivity index (χ2n) is 18.8. The molecule has 0 bridgehead atoms. The average molecular weight is 1020 g/mol. The van der Waals surface area contributed by atoms with Crippen molar-refractivity contribution in [2.75, 3.05) is 26.4 Å². The van der Waals surface area contributed by atoms with Gasteiger partial charge in [0.25, 0.3) is 0 Å². The first-order chi connectivity index (χ1) is 35.3. The van der Waals surface area contributed by atoms with E-state index < -0.39 is 32.5 Å². The summed E-state index contributed by atoms with van der Waals surface area (Å²) in [6.45, 7) is 3.61. The predicted octanol–water partition coefficient (Wildman–Crippen LogP) is 18.2. The minimum atomic E-state index is -4.39. The molecule has 412 valence electrons. The number of phosphoric ester groups is 1. The van der Waals surface area contributed by atoms with Crippen molar-refractivity contribution in [2.45, 2.75) is 245 Å². The van der Waals surface area contributed by atoms with E-state index >= 15 is 0 Å². The standard InChI is InChI=1S/C62H106NO8P/c1-3-5-7-9-11-13-15-17-19-21-22-23-24-25-26-27-28-29-30-31-32-33-34-35-36-37-38-39-41-43-45-47-49-51-53-55-62(65)71-60(59-70-72(66,67)69-57-56-63)58-68-61(64)54-52-50-48-46-44-42-40-20-18-16-14-12-10-8-6-4-2/h5,7,11,13,17,19-20,22-23,25-26,28-29,31-32,34-35,40,60H,3-4,6,8-10,12,14-16,18,21,24,27,30,33,36-39,41-59,63H2,1-2H3,(H,66,67)/b7-5-,13-11-,19-17-,23-22-,26-25-,29-28-,32-31-,35-34-,40-20-. The summed E-state index contributed by atoms with van der Waals surface area (Å²) in [4.78, 5) is 35.1. The number of carbonyl (C=O) groups is 2. The Morgan fingerprint density at radius 3 is 1.15 bits per heavy atom. The Morgan fingerprint density at radius 1 is 0.431 bits per heavy atom. The molecule has 0 amide bonds. The molecular formula is C62H106NO8P. The molecule has 0 aromatic rings. The number of carbonyl (C=O) groups excluding carboxylic acids is 2. The Morgan fingerprint density at radius 2 is 0.764 bits per heavy atom. The fourth-order valence-corrected chi connectivity index (χ4v) is 8.41. The molecule has 3 N–H and O–H groups in total. The number of unbranched alkanes of at least 4 members (excludes halogenated alkanes) is 22. The second kappa shape index (κ2) is 57.0. The molecule has 0 saturated heterocycles. The summed E-state index contributed by atoms with van der Waals surface area (Å²) in [5.74, 6) is -0.845. The maximum Gasteiger partial charge on any atom is 0.472 e. The third-order valence-corrected chi connectivity index (χ3v) is 12.9. The summed E-state index contributed by atoms with van der Waals surface area (Å²) >= 11 is 0. The quantitative estimate of drug-likeness (QED) is 0.0264. The van der Waals surface area contributed by atoms with Crippen molar-refractivity contribution >= 4 is 19.8 Å². The van der Waals surface area contributed by atoms with Crippen LogP contribution in [0.2, 0.25) is 0 Å². The summed E-state index contributed by atoms with van der Waals surface area (Å²) in [7, 11) is -4.39. The highest BCUT2D eigenvalue weighted by Gasteiger charge is 2.26. The van der Waals surface area contributed by atoms with Crippen LogP contribution in [0, 0.1) is 0 Å². The fourth-order valence-electron chi connectivity index (χ4n) is 7.65. The molecule has 0 spiro atoms. The molecule has 10 heteroatoms. The molecule has 72 heavy (non-hydrogen) atoms. The van der Waals surface area contributed by atoms with Crippen molar-refractivity contribution in [3.8, 4) is 0 Å². The number of allylic oxidation sites excluding steroid dienone is 18. The molecule has 2 unspecified atom stereocenters. The number of rotatable bonds is 53. The minimum absolute atomic E-state index is 0.0472. The van der Waals surface area contributed by atoms with Crippen LogP contribution in [-0.4, -0.2) is 49.3 Å². The van der Waals surface area contributed by atoms with Crippen LogP contribution in [0.4, 0.5) is 0 Å². The van der Waals surface area contributed by atoms with E-state index in [1.165, 1.54) is 89.9 Å². The molecule has 0 aliphatic rings. The Labute approximate surface area is 441 Å². The van der Waals surface area contributed by atoms with Crippen molar-refractivity contribution in [1.82, 2.24) is 0 Å². The van der Waals surface area contributed by atoms with Crippen LogP contribution in [0.5, 0.6) is 0 Å². The first kappa shape index (κ1) is 68.7. The van der Waals surface area contributed by atoms with Gasteiger partial charge in [-0.2, -0.15) is 0 Å². The zero-order chi connectivity index (χ0) is 52.4. The van der Waals surface area contributed by atoms with Crippen LogP contribution < -0.4 is 5.73 Å². The van der Waals surface area contributed by atoms with Gasteiger partial charge in [0.15, 0.2) is 6.10 Å². The first-order valence-corrected chi connectivity index (χ1v) is 30.4. The normalized spacial score (nSPS) is 13.9. The van der Waals surface area contributed by atoms with Crippen LogP contribution in [0.3, 0.4) is 0 Å². The van der Waals surface area contributed by atoms with E-state index in [1.807, 2.05) is 0 Å². The van der Waals surface area contributed by atoms with Gasteiger partial charge in [0.2, 0.25) is 0 Å². The lowest BCUT2D eigenvalue weighted by Crippen LogP contribution is -2.29. The van der Waals surface area contributed by atoms with Gasteiger partial charge in [0.1, 0.15) is 6.61 Å². The predicted molar refractivity (Wildman–Crippen MR) is 307 cm³/mol. The molecule has 0 fully saturated rings. The Balaban J connectivity index is 3.99. The maximum atomic E-state index is 12.7. The van der Waals surface area contributed by atoms with Gasteiger partial charge in [0, 0.05) is 19.4 Å². The summed E-state index contributed by atoms with van der Waals surface area (Å²) in [6, 6.07) is 0. The molecule has 0 rings (SSSR count). The van der Waals surface area contributed by atoms with E-state index in [9.17, 15) is 19.0 Å². The number of ether oxygens (including phenoxy) is 2. The second-order valence-corrected chi connectivity index (χ2v) is 20.2. The van der Waals surface area contributed by atoms with Gasteiger partial charge >= 0.3 is 19.8 Å². The Kier molecular flexibility index (Phi) is 54.3. The summed E-state index contributed by atoms with van der Waals surface area (Å²) in [6.07, 6.45) is 77.1. The molecule has 2 atom stereocenters. The third-order valence-electron chi connectivity index (χ3n) is 11.9. The van der Waals surface area contributed by atoms with Gasteiger partial charge in [-0.1, -0.05) is 232 Å². The molecule has 0 radical (unpaired) electrons. The molecular weight excluding hydrogens is 918 g/mol. The number of hydrogen-bond donors (Lipinski definition) is 2. The highest BCUT2D eigenvalue weighted by atomic mass is 31.2. The number of esters is 2. The molecule has 0 aliphatic heterocycles. The van der Waals surface area contributed by atoms with E-state index in [0.717, 1.165) is 116 Å². The average Bonchev–Trinajstić information content (AvgIpc) is 3.37. The molecule has 0 heterocycles. The summed E-state index contributed by atoms with van der Waals surface area (Å²) in [5.41, 5.74) is 5.37. The highest BCUT2D eigenvalue weighted by Crippen LogP contribution is 2.43. The van der Waals surface area contributed by atoms with Crippen LogP contribution >= 0.6 is 7.82 Å². The molecule has 0 aromatic carbocycles. The van der Waals surface area contributed by atoms with Gasteiger partial charge in [-0.25, -0.2) is 4.57 Å². The highest BCUT2D eigenvalue weighted by molar-refractivity contribution is 7.47. The minimum Gasteiger partial charge on any atom is -0.462 e. The molecule has 0 aliphatic carbocycles. The van der Waals surface area contributed by atoms with E-state index in [4.69, 9.17) is 24.3 Å². The van der Waals surface area contributed by atoms with Crippen molar-refractivity contribution in [2.24, 2.45) is 5.73 Å². The lowest BCUT2D eigenvalue weighted by Gasteiger charge is -2.19. The van der Waals surface area contributed by atoms with Crippen molar-refractivity contribution in [1.29, 1.82) is 0 Å². The largest absolute Gasteiger partial charge is 0.472 e. The third kappa shape index (κ3) is 56.0. The molecule has 0 saturated carbocycles. The van der Waals surface area contributed by atoms with Gasteiger partial charge < -0.3 is 20.1 Å². The smallest absolute Gasteiger partial charge is 0.462 e. The van der Waals surface area contributed by atoms with Gasteiger partial charge in [0.05, 0.1) is 13.2 Å². The van der Waals surface area contributed by atoms with E-state index in [0.29, 0.717) is 6.42 Å². The number of phosphoric acid groups is 1. The topological polar surface area (TPSA) is 134 Å². The summed E-state index contributed by atoms with van der Waals surface area (Å²) < 4.78 is 33.0. The van der Waals surface area contributed by atoms with E-state index in [2.05, 4.69) is 123 Å². The van der Waals surface area contributed by atoms with Crippen LogP contribution in [-0.2, 0) is 32.7 Å². The van der Waals surface area contributed by atoms with Gasteiger partial charge in [-0.3, -0.25) is 18.6 Å². The molecule has 9 nitrogen and oxygen atoms in total. The fraction of sp³-hybridized carbons (Fsp3) is 0.677. The number of hydrogen-bond acceptors (Lipinski definition) is 8. The Hall–Kier alpha value is -3.33. The molecule has 0 aromatic heterocycles. The van der Waals surface area contributed by atoms with Crippen LogP contribution in [0.1, 0.15) is 239 Å². The first-order valence-electron chi connectivity index (χ1n) is 28.9. The van der Waals surface area contributed by atoms with Gasteiger partial charge in [-0.15, -0.1) is 0 Å². The van der Waals surface area contributed by atoms with Crippen molar-refractivity contribution in [3.63, 3.8) is 0 Å². The van der Waals surface area contributed by atoms with Crippen molar-refractivity contribution in [3.05, 3.63) is 109 Å². The Bertz CT molecular complexity index is 1540. The summed E-state index contributed by atoms with van der Waals surface area (Å²) in [5, 5.41) is 0. The van der Waals surface area contributed by atoms with Gasteiger partial charge in [-0.05, 0) is 103 Å². The van der Waals surface area contributed by atoms with E-state index in [1.54, 1.807) is 0 Å². The van der Waals surface area contributed by atoms with Crippen LogP contribution in [0.15, 0.2) is 109 Å². The maximum absolute atomic E-state index is 12.7. The van der Waals surface area contributed by atoms with Crippen molar-refractivity contribution < 1.29 is 37.6 Å². The monoisotopic (exact) mass is 1020 g/mol. The lowest BCUT2D eigenvalue weighted by molar-refractivity contribution is -0.161.